The maximum Gasteiger partial charge on any atom is 0.179 e. The Labute approximate surface area is 437 Å². The highest BCUT2D eigenvalue weighted by molar-refractivity contribution is 7.20. The lowest BCUT2D eigenvalue weighted by Crippen LogP contribution is -2.74. The Bertz CT molecular complexity index is 4220. The molecule has 0 aliphatic carbocycles. The van der Waals surface area contributed by atoms with E-state index in [0.29, 0.717) is 0 Å². The van der Waals surface area contributed by atoms with Crippen LogP contribution in [0.2, 0.25) is 0 Å². The molecule has 0 atom stereocenters. The molecule has 0 bridgehead atoms. The number of rotatable bonds is 10. The number of aromatic nitrogens is 1. The predicted molar refractivity (Wildman–Crippen MR) is 319 cm³/mol. The number of para-hydroxylation sites is 2. The van der Waals surface area contributed by atoms with Crippen molar-refractivity contribution in [3.8, 4) is 61.3 Å². The second-order valence-corrected chi connectivity index (χ2v) is 23.4. The zero-order valence-corrected chi connectivity index (χ0v) is 42.1. The van der Waals surface area contributed by atoms with Crippen LogP contribution in [0.1, 0.15) is 0 Å². The van der Waals surface area contributed by atoms with Gasteiger partial charge in [0.2, 0.25) is 0 Å². The Kier molecular flexibility index (Phi) is 10.9. The highest BCUT2D eigenvalue weighted by atomic mass is 28.3. The van der Waals surface area contributed by atoms with Gasteiger partial charge in [0, 0.05) is 32.7 Å². The molecule has 14 rings (SSSR count). The first-order chi connectivity index (χ1) is 37.2. The second-order valence-electron chi connectivity index (χ2n) is 19.6. The van der Waals surface area contributed by atoms with E-state index in [2.05, 4.69) is 290 Å². The van der Waals surface area contributed by atoms with Gasteiger partial charge in [-0.2, -0.15) is 0 Å². The maximum absolute atomic E-state index is 6.27. The molecule has 0 fully saturated rings. The lowest BCUT2D eigenvalue weighted by Gasteiger charge is -2.36. The minimum absolute atomic E-state index is 0.898. The maximum atomic E-state index is 6.27. The molecule has 3 heteroatoms. The first kappa shape index (κ1) is 44.2. The lowest BCUT2D eigenvalue weighted by molar-refractivity contribution is 0.669. The van der Waals surface area contributed by atoms with Crippen molar-refractivity contribution >= 4 is 72.6 Å². The zero-order chi connectivity index (χ0) is 49.7. The molecule has 75 heavy (non-hydrogen) atoms. The van der Waals surface area contributed by atoms with Crippen molar-refractivity contribution in [1.82, 2.24) is 4.57 Å². The highest BCUT2D eigenvalue weighted by Crippen LogP contribution is 2.43. The summed E-state index contributed by atoms with van der Waals surface area (Å²) in [5, 5.41) is 9.91. The fourth-order valence-corrected chi connectivity index (χ4v) is 16.7. The Morgan fingerprint density at radius 3 is 1.21 bits per heavy atom. The van der Waals surface area contributed by atoms with Gasteiger partial charge in [-0.1, -0.05) is 255 Å². The predicted octanol–water partition coefficient (Wildman–Crippen LogP) is 16.4. The molecule has 0 amide bonds. The molecular weight excluding hydrogens is 923 g/mol. The second kappa shape index (κ2) is 18.5. The van der Waals surface area contributed by atoms with Gasteiger partial charge in [-0.25, -0.2) is 0 Å². The third kappa shape index (κ3) is 7.55. The van der Waals surface area contributed by atoms with Crippen molar-refractivity contribution in [3.05, 3.63) is 297 Å². The van der Waals surface area contributed by atoms with Crippen molar-refractivity contribution < 1.29 is 4.42 Å². The van der Waals surface area contributed by atoms with Crippen molar-refractivity contribution in [2.45, 2.75) is 0 Å². The molecule has 0 spiro atoms. The first-order valence-corrected chi connectivity index (χ1v) is 27.8. The molecule has 0 unspecified atom stereocenters. The normalized spacial score (nSPS) is 11.7. The van der Waals surface area contributed by atoms with Gasteiger partial charge in [0.05, 0.1) is 16.7 Å². The quantitative estimate of drug-likeness (QED) is 0.0986. The van der Waals surface area contributed by atoms with Crippen LogP contribution in [0, 0.1) is 0 Å². The van der Waals surface area contributed by atoms with Crippen LogP contribution in [-0.4, -0.2) is 12.6 Å². The van der Waals surface area contributed by atoms with E-state index >= 15 is 0 Å². The highest BCUT2D eigenvalue weighted by Gasteiger charge is 2.43. The third-order valence-electron chi connectivity index (χ3n) is 15.3. The van der Waals surface area contributed by atoms with Crippen LogP contribution in [0.4, 0.5) is 0 Å². The van der Waals surface area contributed by atoms with Crippen molar-refractivity contribution in [2.24, 2.45) is 0 Å². The fraction of sp³-hybridized carbons (Fsp3) is 0. The molecule has 2 heterocycles. The van der Waals surface area contributed by atoms with Gasteiger partial charge in [0.1, 0.15) is 11.2 Å². The Morgan fingerprint density at radius 1 is 0.240 bits per heavy atom. The molecule has 2 nitrogen and oxygen atoms in total. The monoisotopic (exact) mass is 971 g/mol. The number of hydrogen-bond donors (Lipinski definition) is 0. The Hall–Kier alpha value is -9.54. The van der Waals surface area contributed by atoms with Gasteiger partial charge >= 0.3 is 0 Å². The summed E-state index contributed by atoms with van der Waals surface area (Å²) in [5.74, 6) is 0. The molecule has 0 saturated carbocycles. The SMILES string of the molecule is c1ccc(-c2cc(-c3ccccc3)cc([Si](c3ccccc3)(c3ccccc3)c3cc(-c4ccccc4)c(-n4c5ccccc5c5cc(-c6ccc7oc8ccccc8c7c6)ccc54)c(-c4ccccc4)c3)c2)cc1. The molecule has 0 radical (unpaired) electrons. The van der Waals surface area contributed by atoms with Crippen LogP contribution >= 0.6 is 0 Å². The third-order valence-corrected chi connectivity index (χ3v) is 20.0. The van der Waals surface area contributed by atoms with Crippen molar-refractivity contribution in [1.29, 1.82) is 0 Å². The minimum Gasteiger partial charge on any atom is -0.456 e. The van der Waals surface area contributed by atoms with E-state index in [-0.39, 0.29) is 0 Å². The van der Waals surface area contributed by atoms with Crippen LogP contribution < -0.4 is 20.7 Å². The van der Waals surface area contributed by atoms with E-state index in [1.807, 2.05) is 12.1 Å². The topological polar surface area (TPSA) is 18.1 Å². The van der Waals surface area contributed by atoms with Gasteiger partial charge in [-0.3, -0.25) is 0 Å². The molecular formula is C72H49NOSi. The number of hydrogen-bond acceptors (Lipinski definition) is 1. The van der Waals surface area contributed by atoms with Gasteiger partial charge in [0.15, 0.2) is 8.07 Å². The summed E-state index contributed by atoms with van der Waals surface area (Å²) in [6.45, 7) is 0. The molecule has 2 aromatic heterocycles. The van der Waals surface area contributed by atoms with E-state index in [1.165, 1.54) is 64.9 Å². The van der Waals surface area contributed by atoms with Crippen LogP contribution in [0.5, 0.6) is 0 Å². The minimum atomic E-state index is -3.26. The number of fused-ring (bicyclic) bond motifs is 6. The largest absolute Gasteiger partial charge is 0.456 e. The number of nitrogens with zero attached hydrogens (tertiary/aromatic N) is 1. The van der Waals surface area contributed by atoms with Gasteiger partial charge in [-0.05, 0) is 108 Å². The summed E-state index contributed by atoms with van der Waals surface area (Å²) in [4.78, 5) is 0. The summed E-state index contributed by atoms with van der Waals surface area (Å²) in [5.41, 5.74) is 17.0. The summed E-state index contributed by atoms with van der Waals surface area (Å²) in [7, 11) is -3.26. The molecule has 0 saturated heterocycles. The van der Waals surface area contributed by atoms with E-state index in [4.69, 9.17) is 4.42 Å². The van der Waals surface area contributed by atoms with Crippen LogP contribution in [0.15, 0.2) is 302 Å². The first-order valence-electron chi connectivity index (χ1n) is 25.8. The van der Waals surface area contributed by atoms with Crippen LogP contribution in [-0.2, 0) is 0 Å². The summed E-state index contributed by atoms with van der Waals surface area (Å²) in [6, 6.07) is 110. The Morgan fingerprint density at radius 2 is 0.653 bits per heavy atom. The smallest absolute Gasteiger partial charge is 0.179 e. The average Bonchev–Trinajstić information content (AvgIpc) is 4.05. The van der Waals surface area contributed by atoms with E-state index < -0.39 is 8.07 Å². The summed E-state index contributed by atoms with van der Waals surface area (Å²) >= 11 is 0. The van der Waals surface area contributed by atoms with E-state index in [1.54, 1.807) is 0 Å². The van der Waals surface area contributed by atoms with Crippen LogP contribution in [0.25, 0.3) is 105 Å². The molecule has 12 aromatic carbocycles. The molecule has 0 aliphatic rings. The zero-order valence-electron chi connectivity index (χ0n) is 41.1. The molecule has 0 N–H and O–H groups in total. The molecule has 352 valence electrons. The van der Waals surface area contributed by atoms with Gasteiger partial charge in [0.25, 0.3) is 0 Å². The number of benzene rings is 12. The van der Waals surface area contributed by atoms with E-state index in [0.717, 1.165) is 60.9 Å². The van der Waals surface area contributed by atoms with Crippen molar-refractivity contribution in [2.75, 3.05) is 0 Å². The summed E-state index contributed by atoms with van der Waals surface area (Å²) < 4.78 is 8.82. The average molecular weight is 972 g/mol. The molecule has 14 aromatic rings. The van der Waals surface area contributed by atoms with Gasteiger partial charge < -0.3 is 8.98 Å². The lowest BCUT2D eigenvalue weighted by atomic mass is 9.95. The Balaban J connectivity index is 1.10. The summed E-state index contributed by atoms with van der Waals surface area (Å²) in [6.07, 6.45) is 0. The van der Waals surface area contributed by atoms with E-state index in [9.17, 15) is 0 Å². The van der Waals surface area contributed by atoms with Gasteiger partial charge in [-0.15, -0.1) is 0 Å². The van der Waals surface area contributed by atoms with Crippen LogP contribution in [0.3, 0.4) is 0 Å². The van der Waals surface area contributed by atoms with Crippen molar-refractivity contribution in [3.63, 3.8) is 0 Å². The number of furan rings is 1. The fourth-order valence-electron chi connectivity index (χ4n) is 11.9. The molecule has 0 aliphatic heterocycles. The standard InChI is InChI=1S/C72H49NOSi/c1-7-23-50(24-8-1)56-43-57(51-25-9-2-10-26-51)45-60(44-56)75(58-31-15-5-16-32-58,59-33-17-6-18-34-59)61-48-64(52-27-11-3-12-28-52)72(65(49-61)53-29-13-4-14-30-53)73-68-37-21-19-35-62(68)66-46-54(39-41-69(66)73)55-40-42-71-67(47-55)63-36-20-22-38-70(63)74-71/h1-49H.